The van der Waals surface area contributed by atoms with E-state index in [9.17, 15) is 4.79 Å². The molecular formula is C20H22N4OS. The molecule has 134 valence electrons. The molecule has 1 saturated heterocycles. The second kappa shape index (κ2) is 7.03. The summed E-state index contributed by atoms with van der Waals surface area (Å²) in [7, 11) is 0. The molecule has 3 heterocycles. The number of carbonyl (C=O) groups is 1. The summed E-state index contributed by atoms with van der Waals surface area (Å²) in [5, 5.41) is 4.07. The third kappa shape index (κ3) is 3.42. The maximum atomic E-state index is 12.8. The number of aromatic nitrogens is 2. The van der Waals surface area contributed by atoms with Crippen LogP contribution in [0.25, 0.3) is 10.3 Å². The Labute approximate surface area is 157 Å². The van der Waals surface area contributed by atoms with Crippen molar-refractivity contribution in [2.24, 2.45) is 5.92 Å². The summed E-state index contributed by atoms with van der Waals surface area (Å²) in [6.45, 7) is 5.73. The molecule has 3 aromatic rings. The zero-order valence-corrected chi connectivity index (χ0v) is 15.8. The van der Waals surface area contributed by atoms with Crippen LogP contribution < -0.4 is 10.2 Å². The van der Waals surface area contributed by atoms with E-state index in [2.05, 4.69) is 33.2 Å². The molecule has 1 fully saturated rings. The summed E-state index contributed by atoms with van der Waals surface area (Å²) in [5.74, 6) is 0.0744. The van der Waals surface area contributed by atoms with Gasteiger partial charge in [-0.15, -0.1) is 0 Å². The van der Waals surface area contributed by atoms with Crippen molar-refractivity contribution in [3.05, 3.63) is 47.7 Å². The van der Waals surface area contributed by atoms with E-state index in [1.165, 1.54) is 5.56 Å². The van der Waals surface area contributed by atoms with Crippen LogP contribution in [-0.2, 0) is 4.79 Å². The lowest BCUT2D eigenvalue weighted by atomic mass is 9.97. The summed E-state index contributed by atoms with van der Waals surface area (Å²) >= 11 is 1.60. The second-order valence-electron chi connectivity index (χ2n) is 6.92. The van der Waals surface area contributed by atoms with Crippen molar-refractivity contribution < 1.29 is 4.79 Å². The maximum Gasteiger partial charge on any atom is 0.229 e. The van der Waals surface area contributed by atoms with Crippen LogP contribution in [0.1, 0.15) is 24.0 Å². The number of anilines is 2. The number of carbonyl (C=O) groups excluding carboxylic acids is 1. The third-order valence-electron chi connectivity index (χ3n) is 4.86. The molecule has 26 heavy (non-hydrogen) atoms. The Hall–Kier alpha value is -2.47. The molecule has 1 aliphatic heterocycles. The van der Waals surface area contributed by atoms with Gasteiger partial charge in [-0.2, -0.15) is 0 Å². The van der Waals surface area contributed by atoms with Gasteiger partial charge in [0.15, 0.2) is 5.13 Å². The second-order valence-corrected chi connectivity index (χ2v) is 7.87. The van der Waals surface area contributed by atoms with E-state index in [-0.39, 0.29) is 11.8 Å². The predicted molar refractivity (Wildman–Crippen MR) is 107 cm³/mol. The Morgan fingerprint density at radius 2 is 2.19 bits per heavy atom. The summed E-state index contributed by atoms with van der Waals surface area (Å²) in [5.41, 5.74) is 4.13. The highest BCUT2D eigenvalue weighted by Crippen LogP contribution is 2.30. The van der Waals surface area contributed by atoms with E-state index in [0.29, 0.717) is 6.54 Å². The van der Waals surface area contributed by atoms with Crippen LogP contribution in [0.15, 0.2) is 36.5 Å². The van der Waals surface area contributed by atoms with Gasteiger partial charge in [0.05, 0.1) is 5.92 Å². The number of hydrogen-bond donors (Lipinski definition) is 1. The highest BCUT2D eigenvalue weighted by molar-refractivity contribution is 7.21. The molecule has 0 saturated carbocycles. The van der Waals surface area contributed by atoms with Gasteiger partial charge in [-0.3, -0.25) is 4.79 Å². The minimum atomic E-state index is -0.0237. The topological polar surface area (TPSA) is 58.1 Å². The number of rotatable bonds is 3. The number of aryl methyl sites for hydroxylation is 2. The molecule has 0 radical (unpaired) electrons. The summed E-state index contributed by atoms with van der Waals surface area (Å²) in [6, 6.07) is 10.0. The van der Waals surface area contributed by atoms with E-state index < -0.39 is 0 Å². The van der Waals surface area contributed by atoms with Crippen LogP contribution >= 0.6 is 11.3 Å². The lowest BCUT2D eigenvalue weighted by Gasteiger charge is -2.31. The molecule has 1 aromatic carbocycles. The average molecular weight is 366 g/mol. The first-order chi connectivity index (χ1) is 12.6. The number of nitrogens with one attached hydrogen (secondary N) is 1. The normalized spacial score (nSPS) is 17.5. The lowest BCUT2D eigenvalue weighted by Crippen LogP contribution is -2.40. The first kappa shape index (κ1) is 17.0. The largest absolute Gasteiger partial charge is 0.347 e. The predicted octanol–water partition coefficient (Wildman–Crippen LogP) is 4.16. The zero-order valence-electron chi connectivity index (χ0n) is 15.0. The fourth-order valence-electron chi connectivity index (χ4n) is 3.45. The van der Waals surface area contributed by atoms with Crippen molar-refractivity contribution in [2.45, 2.75) is 26.7 Å². The molecule has 1 unspecified atom stereocenters. The molecule has 1 N–H and O–H groups in total. The Bertz CT molecular complexity index is 919. The van der Waals surface area contributed by atoms with Crippen LogP contribution in [-0.4, -0.2) is 29.0 Å². The first-order valence-electron chi connectivity index (χ1n) is 8.95. The molecule has 2 aromatic heterocycles. The summed E-state index contributed by atoms with van der Waals surface area (Å²) in [4.78, 5) is 25.0. The van der Waals surface area contributed by atoms with E-state index in [1.807, 2.05) is 31.2 Å². The smallest absolute Gasteiger partial charge is 0.229 e. The van der Waals surface area contributed by atoms with Crippen molar-refractivity contribution in [2.75, 3.05) is 23.3 Å². The van der Waals surface area contributed by atoms with Gasteiger partial charge in [0.2, 0.25) is 5.91 Å². The van der Waals surface area contributed by atoms with Gasteiger partial charge in [0.1, 0.15) is 10.3 Å². The van der Waals surface area contributed by atoms with Crippen LogP contribution in [0.5, 0.6) is 0 Å². The molecule has 1 atom stereocenters. The Morgan fingerprint density at radius 1 is 1.31 bits per heavy atom. The standard InChI is InChI=1S/C20H22N4OS/c1-13-7-8-16(14(2)11-13)22-18(25)15-5-4-10-24(12-15)20-23-17-6-3-9-21-19(17)26-20/h3,6-9,11,15H,4-5,10,12H2,1-2H3,(H,22,25). The van der Waals surface area contributed by atoms with E-state index in [4.69, 9.17) is 0 Å². The van der Waals surface area contributed by atoms with Crippen LogP contribution in [0.3, 0.4) is 0 Å². The van der Waals surface area contributed by atoms with Gasteiger partial charge >= 0.3 is 0 Å². The number of piperidine rings is 1. The molecular weight excluding hydrogens is 344 g/mol. The number of amides is 1. The maximum absolute atomic E-state index is 12.8. The highest BCUT2D eigenvalue weighted by Gasteiger charge is 2.27. The molecule has 5 nitrogen and oxygen atoms in total. The first-order valence-corrected chi connectivity index (χ1v) is 9.76. The fourth-order valence-corrected chi connectivity index (χ4v) is 4.39. The number of hydrogen-bond acceptors (Lipinski definition) is 5. The summed E-state index contributed by atoms with van der Waals surface area (Å²) in [6.07, 6.45) is 3.70. The monoisotopic (exact) mass is 366 g/mol. The van der Waals surface area contributed by atoms with Crippen molar-refractivity contribution in [1.82, 2.24) is 9.97 Å². The molecule has 1 aliphatic rings. The fraction of sp³-hybridized carbons (Fsp3) is 0.350. The number of fused-ring (bicyclic) bond motifs is 1. The highest BCUT2D eigenvalue weighted by atomic mass is 32.1. The molecule has 0 spiro atoms. The minimum Gasteiger partial charge on any atom is -0.347 e. The van der Waals surface area contributed by atoms with Crippen LogP contribution in [0, 0.1) is 19.8 Å². The molecule has 0 aliphatic carbocycles. The quantitative estimate of drug-likeness (QED) is 0.756. The van der Waals surface area contributed by atoms with Gasteiger partial charge in [-0.1, -0.05) is 29.0 Å². The number of benzene rings is 1. The molecule has 4 rings (SSSR count). The zero-order chi connectivity index (χ0) is 18.1. The van der Waals surface area contributed by atoms with Crippen molar-refractivity contribution in [1.29, 1.82) is 0 Å². The van der Waals surface area contributed by atoms with E-state index >= 15 is 0 Å². The SMILES string of the molecule is Cc1ccc(NC(=O)C2CCCN(c3nc4cccnc4s3)C2)c(C)c1. The van der Waals surface area contributed by atoms with E-state index in [0.717, 1.165) is 46.1 Å². The average Bonchev–Trinajstić information content (AvgIpc) is 3.08. The van der Waals surface area contributed by atoms with E-state index in [1.54, 1.807) is 17.5 Å². The number of pyridine rings is 1. The molecule has 1 amide bonds. The summed E-state index contributed by atoms with van der Waals surface area (Å²) < 4.78 is 0. The number of nitrogens with zero attached hydrogens (tertiary/aromatic N) is 3. The Kier molecular flexibility index (Phi) is 4.59. The third-order valence-corrected chi connectivity index (χ3v) is 5.90. The Morgan fingerprint density at radius 3 is 3.00 bits per heavy atom. The van der Waals surface area contributed by atoms with Crippen molar-refractivity contribution in [3.8, 4) is 0 Å². The van der Waals surface area contributed by atoms with Gasteiger partial charge in [0.25, 0.3) is 0 Å². The Balaban J connectivity index is 1.48. The molecule has 6 heteroatoms. The molecule has 0 bridgehead atoms. The van der Waals surface area contributed by atoms with Gasteiger partial charge in [-0.05, 0) is 50.5 Å². The van der Waals surface area contributed by atoms with Crippen molar-refractivity contribution >= 4 is 38.4 Å². The van der Waals surface area contributed by atoms with Crippen LogP contribution in [0.4, 0.5) is 10.8 Å². The van der Waals surface area contributed by atoms with Crippen molar-refractivity contribution in [3.63, 3.8) is 0 Å². The lowest BCUT2D eigenvalue weighted by molar-refractivity contribution is -0.120. The minimum absolute atomic E-state index is 0.0237. The van der Waals surface area contributed by atoms with Crippen LogP contribution in [0.2, 0.25) is 0 Å². The van der Waals surface area contributed by atoms with Gasteiger partial charge in [0, 0.05) is 25.0 Å². The van der Waals surface area contributed by atoms with Gasteiger partial charge < -0.3 is 10.2 Å². The van der Waals surface area contributed by atoms with Gasteiger partial charge in [-0.25, -0.2) is 9.97 Å². The number of thiazole rings is 1.